The Morgan fingerprint density at radius 1 is 1.10 bits per heavy atom. The molecule has 0 aliphatic carbocycles. The number of hydrogen-bond acceptors (Lipinski definition) is 4. The van der Waals surface area contributed by atoms with Crippen LogP contribution in [0, 0.1) is 12.7 Å². The Hall–Kier alpha value is -2.70. The number of carbonyl (C=O) groups is 2. The summed E-state index contributed by atoms with van der Waals surface area (Å²) in [4.78, 5) is 24.4. The lowest BCUT2D eigenvalue weighted by atomic mass is 10.1. The zero-order valence-corrected chi connectivity index (χ0v) is 16.5. The topological polar surface area (TPSA) is 95.6 Å². The molecular formula is C17H12ClF4N3O4S. The van der Waals surface area contributed by atoms with Crippen LogP contribution in [0.1, 0.15) is 5.56 Å². The van der Waals surface area contributed by atoms with Crippen molar-refractivity contribution in [1.82, 2.24) is 10.0 Å². The molecule has 2 N–H and O–H groups in total. The summed E-state index contributed by atoms with van der Waals surface area (Å²) in [7, 11) is -4.90. The molecule has 2 aromatic rings. The minimum Gasteiger partial charge on any atom is -0.302 e. The molecule has 2 aromatic carbocycles. The first kappa shape index (κ1) is 22.0. The van der Waals surface area contributed by atoms with Gasteiger partial charge in [-0.1, -0.05) is 29.3 Å². The van der Waals surface area contributed by atoms with Gasteiger partial charge in [0, 0.05) is 0 Å². The fourth-order valence-corrected chi connectivity index (χ4v) is 4.13. The molecule has 7 nitrogen and oxygen atoms in total. The minimum absolute atomic E-state index is 0.0243. The summed E-state index contributed by atoms with van der Waals surface area (Å²) in [5.41, 5.74) is -3.82. The van der Waals surface area contributed by atoms with E-state index in [1.54, 1.807) is 6.92 Å². The normalized spacial score (nSPS) is 19.9. The van der Waals surface area contributed by atoms with E-state index < -0.39 is 55.2 Å². The number of rotatable bonds is 4. The molecule has 1 atom stereocenters. The molecule has 0 unspecified atom stereocenters. The van der Waals surface area contributed by atoms with E-state index in [1.807, 2.05) is 0 Å². The lowest BCUT2D eigenvalue weighted by Crippen LogP contribution is -2.69. The number of urea groups is 1. The largest absolute Gasteiger partial charge is 0.435 e. The summed E-state index contributed by atoms with van der Waals surface area (Å²) in [6.45, 7) is 1.63. The van der Waals surface area contributed by atoms with E-state index in [9.17, 15) is 35.6 Å². The van der Waals surface area contributed by atoms with Gasteiger partial charge in [-0.25, -0.2) is 22.5 Å². The van der Waals surface area contributed by atoms with Crippen molar-refractivity contribution in [3.05, 3.63) is 58.9 Å². The van der Waals surface area contributed by atoms with Gasteiger partial charge in [0.1, 0.15) is 5.82 Å². The number of hydrogen-bond donors (Lipinski definition) is 2. The molecule has 1 aliphatic rings. The molecule has 0 radical (unpaired) electrons. The van der Waals surface area contributed by atoms with Crippen LogP contribution >= 0.6 is 11.6 Å². The third-order valence-electron chi connectivity index (χ3n) is 4.23. The van der Waals surface area contributed by atoms with Crippen molar-refractivity contribution < 1.29 is 35.6 Å². The lowest BCUT2D eigenvalue weighted by Gasteiger charge is -2.29. The van der Waals surface area contributed by atoms with Crippen LogP contribution < -0.4 is 14.9 Å². The second kappa shape index (κ2) is 7.22. The van der Waals surface area contributed by atoms with Crippen LogP contribution in [-0.2, 0) is 14.8 Å². The van der Waals surface area contributed by atoms with E-state index in [1.165, 1.54) is 22.2 Å². The number of sulfonamides is 1. The Balaban J connectivity index is 2.08. The van der Waals surface area contributed by atoms with E-state index in [0.29, 0.717) is 5.56 Å². The maximum Gasteiger partial charge on any atom is 0.435 e. The highest BCUT2D eigenvalue weighted by Gasteiger charge is 2.69. The Bertz CT molecular complexity index is 1140. The van der Waals surface area contributed by atoms with Crippen LogP contribution in [0.25, 0.3) is 0 Å². The van der Waals surface area contributed by atoms with E-state index in [0.717, 1.165) is 30.3 Å². The Morgan fingerprint density at radius 2 is 1.70 bits per heavy atom. The average Bonchev–Trinajstić information content (AvgIpc) is 2.88. The molecule has 1 fully saturated rings. The third-order valence-corrected chi connectivity index (χ3v) is 5.98. The quantitative estimate of drug-likeness (QED) is 0.536. The number of amides is 3. The second-order valence-corrected chi connectivity index (χ2v) is 8.43. The fraction of sp³-hybridized carbons (Fsp3) is 0.176. The van der Waals surface area contributed by atoms with Gasteiger partial charge in [0.05, 0.1) is 15.6 Å². The number of imide groups is 1. The number of benzene rings is 2. The molecule has 0 saturated carbocycles. The Morgan fingerprint density at radius 3 is 2.23 bits per heavy atom. The highest BCUT2D eigenvalue weighted by molar-refractivity contribution is 7.89. The van der Waals surface area contributed by atoms with Crippen molar-refractivity contribution in [3.63, 3.8) is 0 Å². The third kappa shape index (κ3) is 3.61. The smallest absolute Gasteiger partial charge is 0.302 e. The molecule has 1 saturated heterocycles. The van der Waals surface area contributed by atoms with Crippen LogP contribution in [0.5, 0.6) is 0 Å². The van der Waals surface area contributed by atoms with Gasteiger partial charge in [-0.3, -0.25) is 4.79 Å². The molecule has 1 aliphatic heterocycles. The van der Waals surface area contributed by atoms with Crippen molar-refractivity contribution >= 4 is 39.2 Å². The molecule has 0 spiro atoms. The summed E-state index contributed by atoms with van der Waals surface area (Å²) in [5, 5.41) is 0.805. The molecular weight excluding hydrogens is 454 g/mol. The summed E-state index contributed by atoms with van der Waals surface area (Å²) in [5.74, 6) is -2.91. The number of halogens is 5. The van der Waals surface area contributed by atoms with Crippen LogP contribution in [0.2, 0.25) is 5.02 Å². The first-order chi connectivity index (χ1) is 13.8. The number of carbonyl (C=O) groups excluding carboxylic acids is 2. The van der Waals surface area contributed by atoms with Gasteiger partial charge < -0.3 is 5.32 Å². The average molecular weight is 466 g/mol. The molecule has 30 heavy (non-hydrogen) atoms. The molecule has 13 heteroatoms. The highest BCUT2D eigenvalue weighted by atomic mass is 35.5. The van der Waals surface area contributed by atoms with E-state index in [4.69, 9.17) is 11.6 Å². The first-order valence-corrected chi connectivity index (χ1v) is 9.94. The number of anilines is 1. The summed E-state index contributed by atoms with van der Waals surface area (Å²) in [6, 6.07) is 5.54. The predicted octanol–water partition coefficient (Wildman–Crippen LogP) is 3.08. The van der Waals surface area contributed by atoms with Gasteiger partial charge in [-0.2, -0.15) is 17.9 Å². The van der Waals surface area contributed by atoms with Crippen LogP contribution in [0.15, 0.2) is 47.4 Å². The summed E-state index contributed by atoms with van der Waals surface area (Å²) < 4.78 is 81.4. The fourth-order valence-electron chi connectivity index (χ4n) is 2.69. The van der Waals surface area contributed by atoms with Gasteiger partial charge in [-0.05, 0) is 37.3 Å². The Kier molecular flexibility index (Phi) is 5.29. The van der Waals surface area contributed by atoms with E-state index in [-0.39, 0.29) is 4.90 Å². The van der Waals surface area contributed by atoms with Crippen molar-refractivity contribution in [1.29, 1.82) is 0 Å². The number of alkyl halides is 3. The first-order valence-electron chi connectivity index (χ1n) is 8.07. The summed E-state index contributed by atoms with van der Waals surface area (Å²) >= 11 is 5.57. The standard InChI is InChI=1S/C17H12ClF4N3O4S/c1-9-2-5-11(6-3-9)30(28,29)24-16(17(20,21)22)14(26)25(15(27)23-16)10-4-7-13(19)12(18)8-10/h2-8,24H,1H3,(H,23,27)/t16-/m0/s1. The van der Waals surface area contributed by atoms with Crippen molar-refractivity contribution in [3.8, 4) is 0 Å². The predicted molar refractivity (Wildman–Crippen MR) is 97.7 cm³/mol. The Labute approximate surface area is 172 Å². The number of nitrogens with zero attached hydrogens (tertiary/aromatic N) is 1. The van der Waals surface area contributed by atoms with Crippen molar-refractivity contribution in [2.24, 2.45) is 0 Å². The van der Waals surface area contributed by atoms with Gasteiger partial charge in [0.15, 0.2) is 0 Å². The van der Waals surface area contributed by atoms with Crippen LogP contribution in [0.3, 0.4) is 0 Å². The molecule has 0 aromatic heterocycles. The van der Waals surface area contributed by atoms with Gasteiger partial charge in [0.2, 0.25) is 10.0 Å². The monoisotopic (exact) mass is 465 g/mol. The molecule has 3 rings (SSSR count). The molecule has 0 bridgehead atoms. The SMILES string of the molecule is Cc1ccc(S(=O)(=O)N[C@@]2(C(F)(F)F)NC(=O)N(c3ccc(F)c(Cl)c3)C2=O)cc1. The van der Waals surface area contributed by atoms with Gasteiger partial charge in [-0.15, -0.1) is 0 Å². The molecule has 1 heterocycles. The lowest BCUT2D eigenvalue weighted by molar-refractivity contribution is -0.194. The number of aryl methyl sites for hydroxylation is 1. The maximum atomic E-state index is 13.9. The van der Waals surface area contributed by atoms with E-state index in [2.05, 4.69) is 0 Å². The summed E-state index contributed by atoms with van der Waals surface area (Å²) in [6.07, 6.45) is -5.56. The molecule has 160 valence electrons. The minimum atomic E-state index is -5.56. The number of nitrogens with one attached hydrogen (secondary N) is 2. The highest BCUT2D eigenvalue weighted by Crippen LogP contribution is 2.37. The van der Waals surface area contributed by atoms with Crippen LogP contribution in [0.4, 0.5) is 28.0 Å². The van der Waals surface area contributed by atoms with Gasteiger partial charge in [0.25, 0.3) is 11.6 Å². The zero-order chi connectivity index (χ0) is 22.5. The van der Waals surface area contributed by atoms with Crippen molar-refractivity contribution in [2.75, 3.05) is 4.90 Å². The maximum absolute atomic E-state index is 13.9. The second-order valence-electron chi connectivity index (χ2n) is 6.34. The van der Waals surface area contributed by atoms with Crippen molar-refractivity contribution in [2.45, 2.75) is 23.7 Å². The zero-order valence-electron chi connectivity index (χ0n) is 14.9. The van der Waals surface area contributed by atoms with E-state index >= 15 is 0 Å². The molecule has 3 amide bonds. The van der Waals surface area contributed by atoms with Crippen LogP contribution in [-0.4, -0.2) is 32.2 Å². The van der Waals surface area contributed by atoms with Gasteiger partial charge >= 0.3 is 12.2 Å².